The van der Waals surface area contributed by atoms with Crippen molar-refractivity contribution in [1.82, 2.24) is 5.32 Å². The van der Waals surface area contributed by atoms with Crippen LogP contribution in [-0.4, -0.2) is 23.1 Å². The Balaban J connectivity index is 2.69. The summed E-state index contributed by atoms with van der Waals surface area (Å²) in [6, 6.07) is -0.413. The van der Waals surface area contributed by atoms with Crippen molar-refractivity contribution >= 4 is 11.9 Å². The first-order valence-electron chi connectivity index (χ1n) is 3.24. The van der Waals surface area contributed by atoms with E-state index in [0.29, 0.717) is 0 Å². The second-order valence-electron chi connectivity index (χ2n) is 2.70. The lowest BCUT2D eigenvalue weighted by molar-refractivity contribution is -0.497. The van der Waals surface area contributed by atoms with Crippen molar-refractivity contribution in [3.8, 4) is 0 Å². The molecule has 0 aromatic rings. The summed E-state index contributed by atoms with van der Waals surface area (Å²) in [5.74, 6) is 0.0390. The van der Waals surface area contributed by atoms with Crippen molar-refractivity contribution < 1.29 is 14.9 Å². The summed E-state index contributed by atoms with van der Waals surface area (Å²) in [6.07, 6.45) is 0. The quantitative estimate of drug-likeness (QED) is 0.403. The van der Waals surface area contributed by atoms with Crippen LogP contribution in [0.5, 0.6) is 0 Å². The number of amides is 1. The molecule has 1 amide bonds. The summed E-state index contributed by atoms with van der Waals surface area (Å²) in [5, 5.41) is 11.1. The molecule has 3 N–H and O–H groups in total. The van der Waals surface area contributed by atoms with Crippen LogP contribution in [0.25, 0.3) is 0 Å². The van der Waals surface area contributed by atoms with E-state index in [0.717, 1.165) is 0 Å². The zero-order valence-electron chi connectivity index (χ0n) is 6.01. The summed E-state index contributed by atoms with van der Waals surface area (Å²) < 4.78 is 0. The minimum absolute atomic E-state index is 0.135. The fraction of sp³-hybridized carbons (Fsp3) is 0.667. The fourth-order valence-corrected chi connectivity index (χ4v) is 0.913. The van der Waals surface area contributed by atoms with Crippen molar-refractivity contribution in [2.24, 2.45) is 5.92 Å². The van der Waals surface area contributed by atoms with Gasteiger partial charge in [0.2, 0.25) is 0 Å². The van der Waals surface area contributed by atoms with Gasteiger partial charge in [0.25, 0.3) is 0 Å². The van der Waals surface area contributed by atoms with E-state index in [-0.39, 0.29) is 23.9 Å². The van der Waals surface area contributed by atoms with Crippen LogP contribution in [0.4, 0.5) is 0 Å². The molecule has 0 aromatic heterocycles. The molecule has 0 radical (unpaired) electrons. The third-order valence-electron chi connectivity index (χ3n) is 1.48. The van der Waals surface area contributed by atoms with Gasteiger partial charge in [-0.3, -0.25) is 0 Å². The summed E-state index contributed by atoms with van der Waals surface area (Å²) in [6.45, 7) is 3.83. The molecule has 56 valence electrons. The number of carbonyl (C=O) groups is 1. The molecule has 1 rings (SSSR count). The molecule has 1 aliphatic rings. The van der Waals surface area contributed by atoms with E-state index in [1.807, 2.05) is 13.8 Å². The van der Waals surface area contributed by atoms with E-state index < -0.39 is 0 Å². The number of aliphatic hydroxyl groups is 1. The van der Waals surface area contributed by atoms with Gasteiger partial charge in [0, 0.05) is 5.92 Å². The minimum atomic E-state index is -0.278. The summed E-state index contributed by atoms with van der Waals surface area (Å²) >= 11 is 0. The highest BCUT2D eigenvalue weighted by Gasteiger charge is 2.35. The Bertz CT molecular complexity index is 186. The fourth-order valence-electron chi connectivity index (χ4n) is 0.913. The molecule has 4 nitrogen and oxygen atoms in total. The largest absolute Gasteiger partial charge is 0.447 e. The molecule has 1 unspecified atom stereocenters. The van der Waals surface area contributed by atoms with Crippen LogP contribution in [0.1, 0.15) is 13.8 Å². The Morgan fingerprint density at radius 3 is 2.50 bits per heavy atom. The van der Waals surface area contributed by atoms with Gasteiger partial charge in [0.05, 0.1) is 0 Å². The van der Waals surface area contributed by atoms with Crippen LogP contribution in [0.2, 0.25) is 0 Å². The second kappa shape index (κ2) is 2.28. The Kier molecular flexibility index (Phi) is 1.61. The van der Waals surface area contributed by atoms with E-state index in [4.69, 9.17) is 5.11 Å². The Morgan fingerprint density at radius 1 is 1.70 bits per heavy atom. The van der Waals surface area contributed by atoms with Gasteiger partial charge in [0.1, 0.15) is 0 Å². The Hall–Kier alpha value is -1.06. The predicted octanol–water partition coefficient (Wildman–Crippen LogP) is -1.86. The molecule has 0 bridgehead atoms. The number of hydrogen-bond acceptors (Lipinski definition) is 1. The third-order valence-corrected chi connectivity index (χ3v) is 1.48. The van der Waals surface area contributed by atoms with Gasteiger partial charge in [-0.1, -0.05) is 13.8 Å². The van der Waals surface area contributed by atoms with Gasteiger partial charge in [-0.15, -0.1) is 0 Å². The van der Waals surface area contributed by atoms with Gasteiger partial charge in [-0.2, -0.15) is 5.32 Å². The molecule has 1 heterocycles. The molecule has 0 aliphatic carbocycles. The number of hydrogen-bond donors (Lipinski definition) is 3. The molecule has 4 heteroatoms. The maximum Gasteiger partial charge on any atom is 0.447 e. The summed E-state index contributed by atoms with van der Waals surface area (Å²) in [4.78, 5) is 13.5. The minimum Gasteiger partial charge on any atom is -0.447 e. The van der Waals surface area contributed by atoms with E-state index >= 15 is 0 Å². The van der Waals surface area contributed by atoms with E-state index in [9.17, 15) is 4.79 Å². The number of aliphatic hydroxyl groups excluding tert-OH is 1. The van der Waals surface area contributed by atoms with Crippen molar-refractivity contribution in [3.63, 3.8) is 0 Å². The highest BCUT2D eigenvalue weighted by atomic mass is 16.3. The number of nitrogens with one attached hydrogen (secondary N) is 2. The summed E-state index contributed by atoms with van der Waals surface area (Å²) in [7, 11) is 0. The lowest BCUT2D eigenvalue weighted by atomic mass is 10.1. The van der Waals surface area contributed by atoms with Gasteiger partial charge in [-0.05, 0) is 0 Å². The molecule has 1 aliphatic heterocycles. The molecule has 0 saturated carbocycles. The average molecular weight is 143 g/mol. The Labute approximate surface area is 59.0 Å². The number of rotatable bonds is 1. The topological polar surface area (TPSA) is 63.3 Å². The zero-order valence-corrected chi connectivity index (χ0v) is 6.01. The van der Waals surface area contributed by atoms with E-state index in [1.165, 1.54) is 0 Å². The SMILES string of the molecule is CC(C)C1[NH+]=C(O)NC1=O. The van der Waals surface area contributed by atoms with Crippen LogP contribution in [0, 0.1) is 5.92 Å². The van der Waals surface area contributed by atoms with E-state index in [2.05, 4.69) is 10.3 Å². The summed E-state index contributed by atoms with van der Waals surface area (Å²) in [5.41, 5.74) is 0. The van der Waals surface area contributed by atoms with Crippen LogP contribution < -0.4 is 10.3 Å². The van der Waals surface area contributed by atoms with Crippen molar-refractivity contribution in [2.45, 2.75) is 19.9 Å². The second-order valence-corrected chi connectivity index (χ2v) is 2.70. The van der Waals surface area contributed by atoms with Gasteiger partial charge >= 0.3 is 11.9 Å². The average Bonchev–Trinajstić information content (AvgIpc) is 2.10. The first-order valence-corrected chi connectivity index (χ1v) is 3.24. The number of amidine groups is 1. The maximum absolute atomic E-state index is 10.9. The molecule has 0 aromatic carbocycles. The third kappa shape index (κ3) is 1.10. The molecular weight excluding hydrogens is 132 g/mol. The van der Waals surface area contributed by atoms with Crippen molar-refractivity contribution in [3.05, 3.63) is 0 Å². The van der Waals surface area contributed by atoms with E-state index in [1.54, 1.807) is 0 Å². The first-order chi connectivity index (χ1) is 4.61. The van der Waals surface area contributed by atoms with Crippen LogP contribution in [0.15, 0.2) is 0 Å². The molecule has 1 atom stereocenters. The lowest BCUT2D eigenvalue weighted by Gasteiger charge is -2.01. The van der Waals surface area contributed by atoms with Gasteiger partial charge in [-0.25, -0.2) is 9.79 Å². The zero-order chi connectivity index (χ0) is 7.72. The van der Waals surface area contributed by atoms with Crippen molar-refractivity contribution in [1.29, 1.82) is 0 Å². The molecule has 0 spiro atoms. The molecular formula is C6H11N2O2+. The van der Waals surface area contributed by atoms with Crippen molar-refractivity contribution in [2.75, 3.05) is 0 Å². The normalized spacial score (nSPS) is 24.9. The molecule has 10 heavy (non-hydrogen) atoms. The standard InChI is InChI=1S/C6H10N2O2/c1-3(2)4-5(9)8-6(10)7-4/h3-4H,1-2H3,(H2,7,8,9,10)/p+1. The van der Waals surface area contributed by atoms with Crippen LogP contribution in [-0.2, 0) is 4.79 Å². The Morgan fingerprint density at radius 2 is 2.30 bits per heavy atom. The highest BCUT2D eigenvalue weighted by molar-refractivity contribution is 5.96. The monoisotopic (exact) mass is 143 g/mol. The smallest absolute Gasteiger partial charge is 0.447 e. The lowest BCUT2D eigenvalue weighted by Crippen LogP contribution is -2.79. The number of carbonyl (C=O) groups excluding carboxylic acids is 1. The molecule has 0 saturated heterocycles. The maximum atomic E-state index is 10.9. The van der Waals surface area contributed by atoms with Gasteiger partial charge < -0.3 is 5.11 Å². The predicted molar refractivity (Wildman–Crippen MR) is 35.4 cm³/mol. The first kappa shape index (κ1) is 7.05. The molecule has 0 fully saturated rings. The van der Waals surface area contributed by atoms with Crippen LogP contribution in [0.3, 0.4) is 0 Å². The highest BCUT2D eigenvalue weighted by Crippen LogP contribution is 1.97. The van der Waals surface area contributed by atoms with Crippen LogP contribution >= 0.6 is 0 Å². The van der Waals surface area contributed by atoms with Gasteiger partial charge in [0.15, 0.2) is 6.04 Å².